The zero-order valence-electron chi connectivity index (χ0n) is 24.6. The molecule has 0 fully saturated rings. The first kappa shape index (κ1) is 25.0. The topological polar surface area (TPSA) is 9.86 Å². The van der Waals surface area contributed by atoms with Crippen LogP contribution in [0.25, 0.3) is 87.5 Å². The molecule has 2 nitrogen and oxygen atoms in total. The smallest absolute Gasteiger partial charge is 0.0541 e. The van der Waals surface area contributed by atoms with E-state index in [1.807, 2.05) is 11.3 Å². The van der Waals surface area contributed by atoms with Crippen LogP contribution in [0.1, 0.15) is 12.8 Å². The van der Waals surface area contributed by atoms with Crippen LogP contribution >= 0.6 is 11.3 Å². The fourth-order valence-corrected chi connectivity index (χ4v) is 8.60. The van der Waals surface area contributed by atoms with E-state index in [-0.39, 0.29) is 0 Å². The standard InChI is InChI=1S/C42H28N2S/c1-2-10-29(11-3-1)43-37-15-7-4-12-31(37)34-24-27(18-21-39(34)43)28-19-22-40-35(25-28)32-13-5-8-16-38(32)44(40)30-20-23-42-36(26-30)33-14-6-9-17-41(33)45-42/h1-3,5-6,8-26H,4,7H2. The Hall–Kier alpha value is -5.38. The minimum atomic E-state index is 1.08. The van der Waals surface area contributed by atoms with Crippen LogP contribution in [0.5, 0.6) is 0 Å². The third-order valence-corrected chi connectivity index (χ3v) is 10.7. The van der Waals surface area contributed by atoms with E-state index in [0.29, 0.717) is 0 Å². The molecule has 0 atom stereocenters. The highest BCUT2D eigenvalue weighted by molar-refractivity contribution is 7.25. The van der Waals surface area contributed by atoms with E-state index in [0.717, 1.165) is 12.8 Å². The SMILES string of the molecule is C1=c2c(n(-c3ccccc3)c3ccc(-c4ccc5c(c4)c4ccccc4n5-c4ccc5sc6ccccc6c5c4)cc23)=CCC1. The molecule has 0 saturated carbocycles. The molecule has 1 aliphatic carbocycles. The Labute approximate surface area is 264 Å². The minimum Gasteiger partial charge on any atom is -0.310 e. The highest BCUT2D eigenvalue weighted by Crippen LogP contribution is 2.39. The summed E-state index contributed by atoms with van der Waals surface area (Å²) in [6.45, 7) is 0. The van der Waals surface area contributed by atoms with Crippen molar-refractivity contribution in [3.8, 4) is 22.5 Å². The Morgan fingerprint density at radius 3 is 1.96 bits per heavy atom. The maximum absolute atomic E-state index is 2.44. The molecule has 0 unspecified atom stereocenters. The van der Waals surface area contributed by atoms with Gasteiger partial charge in [-0.1, -0.05) is 78.9 Å². The molecule has 0 N–H and O–H groups in total. The summed E-state index contributed by atoms with van der Waals surface area (Å²) >= 11 is 1.87. The average molecular weight is 593 g/mol. The second-order valence-electron chi connectivity index (χ2n) is 12.1. The van der Waals surface area contributed by atoms with Crippen molar-refractivity contribution in [3.63, 3.8) is 0 Å². The second kappa shape index (κ2) is 9.56. The lowest BCUT2D eigenvalue weighted by Gasteiger charge is -2.10. The number of rotatable bonds is 3. The minimum absolute atomic E-state index is 1.08. The van der Waals surface area contributed by atoms with Gasteiger partial charge in [0.15, 0.2) is 0 Å². The summed E-state index contributed by atoms with van der Waals surface area (Å²) < 4.78 is 7.53. The van der Waals surface area contributed by atoms with Gasteiger partial charge in [0, 0.05) is 58.3 Å². The van der Waals surface area contributed by atoms with Crippen molar-refractivity contribution in [2.45, 2.75) is 12.8 Å². The molecule has 9 aromatic rings. The van der Waals surface area contributed by atoms with Crippen molar-refractivity contribution in [3.05, 3.63) is 144 Å². The highest BCUT2D eigenvalue weighted by Gasteiger charge is 2.16. The quantitative estimate of drug-likeness (QED) is 0.193. The summed E-state index contributed by atoms with van der Waals surface area (Å²) in [5, 5.41) is 9.20. The number of fused-ring (bicyclic) bond motifs is 9. The fourth-order valence-electron chi connectivity index (χ4n) is 7.52. The van der Waals surface area contributed by atoms with Gasteiger partial charge >= 0.3 is 0 Å². The number of hydrogen-bond acceptors (Lipinski definition) is 1. The number of benzene rings is 6. The number of aromatic nitrogens is 2. The van der Waals surface area contributed by atoms with E-state index in [2.05, 4.69) is 155 Å². The summed E-state index contributed by atoms with van der Waals surface area (Å²) in [6, 6.07) is 49.3. The highest BCUT2D eigenvalue weighted by atomic mass is 32.1. The zero-order valence-corrected chi connectivity index (χ0v) is 25.4. The largest absolute Gasteiger partial charge is 0.310 e. The van der Waals surface area contributed by atoms with Crippen molar-refractivity contribution in [2.24, 2.45) is 0 Å². The molecule has 212 valence electrons. The van der Waals surface area contributed by atoms with Crippen LogP contribution in [0.4, 0.5) is 0 Å². The lowest BCUT2D eigenvalue weighted by atomic mass is 10.0. The Kier molecular flexibility index (Phi) is 5.31. The van der Waals surface area contributed by atoms with E-state index in [1.165, 1.54) is 86.0 Å². The molecule has 6 aromatic carbocycles. The predicted molar refractivity (Wildman–Crippen MR) is 193 cm³/mol. The van der Waals surface area contributed by atoms with Crippen LogP contribution in [0.3, 0.4) is 0 Å². The van der Waals surface area contributed by atoms with E-state index < -0.39 is 0 Å². The van der Waals surface area contributed by atoms with Gasteiger partial charge in [-0.3, -0.25) is 0 Å². The van der Waals surface area contributed by atoms with Crippen LogP contribution in [0, 0.1) is 0 Å². The van der Waals surface area contributed by atoms with Gasteiger partial charge in [-0.2, -0.15) is 0 Å². The van der Waals surface area contributed by atoms with Gasteiger partial charge in [-0.15, -0.1) is 11.3 Å². The first-order valence-electron chi connectivity index (χ1n) is 15.7. The molecule has 0 bridgehead atoms. The van der Waals surface area contributed by atoms with Gasteiger partial charge in [0.2, 0.25) is 0 Å². The fraction of sp³-hybridized carbons (Fsp3) is 0.0476. The molecule has 10 rings (SSSR count). The maximum Gasteiger partial charge on any atom is 0.0541 e. The number of para-hydroxylation sites is 2. The van der Waals surface area contributed by atoms with Crippen LogP contribution in [-0.4, -0.2) is 9.13 Å². The number of thiophene rings is 1. The van der Waals surface area contributed by atoms with E-state index in [4.69, 9.17) is 0 Å². The molecule has 1 aliphatic rings. The van der Waals surface area contributed by atoms with Gasteiger partial charge in [0.1, 0.15) is 0 Å². The second-order valence-corrected chi connectivity index (χ2v) is 13.1. The van der Waals surface area contributed by atoms with Gasteiger partial charge in [-0.05, 0) is 90.7 Å². The van der Waals surface area contributed by atoms with Crippen LogP contribution in [-0.2, 0) is 0 Å². The molecular weight excluding hydrogens is 565 g/mol. The molecular formula is C42H28N2S. The first-order valence-corrected chi connectivity index (χ1v) is 16.5. The Balaban J connectivity index is 1.18. The summed E-state index contributed by atoms with van der Waals surface area (Å²) in [4.78, 5) is 0. The molecule has 3 aromatic heterocycles. The number of nitrogens with zero attached hydrogens (tertiary/aromatic N) is 2. The molecule has 3 heteroatoms. The Morgan fingerprint density at radius 2 is 1.09 bits per heavy atom. The first-order chi connectivity index (χ1) is 22.3. The average Bonchev–Trinajstić information content (AvgIpc) is 3.75. The van der Waals surface area contributed by atoms with E-state index in [1.54, 1.807) is 0 Å². The van der Waals surface area contributed by atoms with Gasteiger partial charge in [0.25, 0.3) is 0 Å². The Bertz CT molecular complexity index is 2760. The zero-order chi connectivity index (χ0) is 29.5. The van der Waals surface area contributed by atoms with Crippen LogP contribution in [0.2, 0.25) is 0 Å². The van der Waals surface area contributed by atoms with E-state index in [9.17, 15) is 0 Å². The van der Waals surface area contributed by atoms with Gasteiger partial charge in [-0.25, -0.2) is 0 Å². The molecule has 0 amide bonds. The lowest BCUT2D eigenvalue weighted by Crippen LogP contribution is -2.30. The van der Waals surface area contributed by atoms with Crippen molar-refractivity contribution in [1.29, 1.82) is 0 Å². The van der Waals surface area contributed by atoms with Crippen molar-refractivity contribution >= 4 is 76.4 Å². The third-order valence-electron chi connectivity index (χ3n) is 9.54. The molecule has 0 spiro atoms. The van der Waals surface area contributed by atoms with Crippen molar-refractivity contribution in [1.82, 2.24) is 9.13 Å². The number of hydrogen-bond donors (Lipinski definition) is 0. The molecule has 3 heterocycles. The van der Waals surface area contributed by atoms with Crippen LogP contribution < -0.4 is 10.6 Å². The lowest BCUT2D eigenvalue weighted by molar-refractivity contribution is 1.02. The maximum atomic E-state index is 2.44. The summed E-state index contributed by atoms with van der Waals surface area (Å²) in [5.74, 6) is 0. The Morgan fingerprint density at radius 1 is 0.422 bits per heavy atom. The monoisotopic (exact) mass is 592 g/mol. The van der Waals surface area contributed by atoms with Crippen molar-refractivity contribution in [2.75, 3.05) is 0 Å². The van der Waals surface area contributed by atoms with Crippen molar-refractivity contribution < 1.29 is 0 Å². The van der Waals surface area contributed by atoms with Gasteiger partial charge < -0.3 is 9.13 Å². The van der Waals surface area contributed by atoms with E-state index >= 15 is 0 Å². The molecule has 0 aliphatic heterocycles. The van der Waals surface area contributed by atoms with Crippen LogP contribution in [0.15, 0.2) is 133 Å². The summed E-state index contributed by atoms with van der Waals surface area (Å²) in [6.07, 6.45) is 6.99. The summed E-state index contributed by atoms with van der Waals surface area (Å²) in [5.41, 5.74) is 8.64. The normalized spacial score (nSPS) is 13.1. The molecule has 0 saturated heterocycles. The predicted octanol–water partition coefficient (Wildman–Crippen LogP) is 10.1. The molecule has 45 heavy (non-hydrogen) atoms. The summed E-state index contributed by atoms with van der Waals surface area (Å²) in [7, 11) is 0. The third kappa shape index (κ3) is 3.68. The van der Waals surface area contributed by atoms with Gasteiger partial charge in [0.05, 0.1) is 16.6 Å². The molecule has 0 radical (unpaired) electrons.